The van der Waals surface area contributed by atoms with Crippen molar-refractivity contribution in [3.8, 4) is 11.6 Å². The summed E-state index contributed by atoms with van der Waals surface area (Å²) in [6.45, 7) is 4.67. The minimum absolute atomic E-state index is 0.0601. The number of nitrogens with zero attached hydrogens (tertiary/aromatic N) is 3. The molecule has 3 rings (SSSR count). The van der Waals surface area contributed by atoms with Gasteiger partial charge < -0.3 is 9.64 Å². The summed E-state index contributed by atoms with van der Waals surface area (Å²) < 4.78 is 6.79. The Morgan fingerprint density at radius 3 is 2.60 bits per heavy atom. The Kier molecular flexibility index (Phi) is 4.88. The molecule has 0 radical (unpaired) electrons. The fraction of sp³-hybridized carbons (Fsp3) is 0.421. The normalized spacial score (nSPS) is 17.4. The highest BCUT2D eigenvalue weighted by Gasteiger charge is 2.28. The van der Waals surface area contributed by atoms with Crippen molar-refractivity contribution in [3.05, 3.63) is 51.8 Å². The van der Waals surface area contributed by atoms with Crippen LogP contribution in [0.25, 0.3) is 5.69 Å². The highest BCUT2D eigenvalue weighted by Crippen LogP contribution is 2.20. The van der Waals surface area contributed by atoms with Gasteiger partial charge in [-0.05, 0) is 45.2 Å². The second-order valence-electron chi connectivity index (χ2n) is 6.49. The largest absolute Gasteiger partial charge is 0.481 e. The van der Waals surface area contributed by atoms with E-state index >= 15 is 0 Å². The molecule has 1 atom stereocenters. The number of amides is 1. The molecular weight excluding hydrogens is 318 g/mol. The van der Waals surface area contributed by atoms with Crippen LogP contribution in [0, 0.1) is 6.92 Å². The highest BCUT2D eigenvalue weighted by atomic mass is 16.5. The SMILES string of the molecule is COc1cc(=O)c(C(=O)N2CCCC[C@H]2C)nn1-c1ccc(C)cc1. The van der Waals surface area contributed by atoms with Crippen molar-refractivity contribution in [1.29, 1.82) is 0 Å². The Balaban J connectivity index is 2.05. The number of benzene rings is 1. The number of methoxy groups -OCH3 is 1. The number of piperidine rings is 1. The lowest BCUT2D eigenvalue weighted by atomic mass is 10.0. The van der Waals surface area contributed by atoms with Gasteiger partial charge in [-0.3, -0.25) is 9.59 Å². The number of rotatable bonds is 3. The van der Waals surface area contributed by atoms with Crippen LogP contribution in [0.1, 0.15) is 42.2 Å². The van der Waals surface area contributed by atoms with E-state index in [1.165, 1.54) is 17.9 Å². The molecule has 1 aromatic carbocycles. The van der Waals surface area contributed by atoms with Crippen molar-refractivity contribution < 1.29 is 9.53 Å². The van der Waals surface area contributed by atoms with Gasteiger partial charge in [0.15, 0.2) is 5.69 Å². The second kappa shape index (κ2) is 7.09. The summed E-state index contributed by atoms with van der Waals surface area (Å²) in [7, 11) is 1.48. The third kappa shape index (κ3) is 3.43. The Bertz CT molecular complexity index is 827. The molecule has 0 N–H and O–H groups in total. The second-order valence-corrected chi connectivity index (χ2v) is 6.49. The van der Waals surface area contributed by atoms with Crippen LogP contribution in [0.2, 0.25) is 0 Å². The number of carbonyl (C=O) groups excluding carboxylic acids is 1. The number of hydrogen-bond donors (Lipinski definition) is 0. The summed E-state index contributed by atoms with van der Waals surface area (Å²) in [6.07, 6.45) is 3.01. The molecule has 6 nitrogen and oxygen atoms in total. The smallest absolute Gasteiger partial charge is 0.278 e. The fourth-order valence-electron chi connectivity index (χ4n) is 3.14. The van der Waals surface area contributed by atoms with Gasteiger partial charge in [-0.2, -0.15) is 5.10 Å². The van der Waals surface area contributed by atoms with Crippen LogP contribution in [0.4, 0.5) is 0 Å². The van der Waals surface area contributed by atoms with E-state index in [-0.39, 0.29) is 17.6 Å². The first-order valence-electron chi connectivity index (χ1n) is 8.57. The van der Waals surface area contributed by atoms with Gasteiger partial charge in [0.1, 0.15) is 0 Å². The maximum atomic E-state index is 12.9. The average Bonchev–Trinajstić information content (AvgIpc) is 2.62. The molecule has 25 heavy (non-hydrogen) atoms. The van der Waals surface area contributed by atoms with Crippen LogP contribution in [0.3, 0.4) is 0 Å². The molecule has 1 saturated heterocycles. The minimum atomic E-state index is -0.414. The number of aryl methyl sites for hydroxylation is 1. The molecule has 0 bridgehead atoms. The molecule has 0 aliphatic carbocycles. The van der Waals surface area contributed by atoms with E-state index in [0.29, 0.717) is 12.4 Å². The van der Waals surface area contributed by atoms with Gasteiger partial charge in [0.25, 0.3) is 5.91 Å². The Hall–Kier alpha value is -2.63. The summed E-state index contributed by atoms with van der Waals surface area (Å²) in [5.74, 6) is -0.00203. The quantitative estimate of drug-likeness (QED) is 0.861. The van der Waals surface area contributed by atoms with Crippen LogP contribution < -0.4 is 10.2 Å². The topological polar surface area (TPSA) is 64.4 Å². The number of aromatic nitrogens is 2. The van der Waals surface area contributed by atoms with Crippen LogP contribution >= 0.6 is 0 Å². The summed E-state index contributed by atoms with van der Waals surface area (Å²) in [5.41, 5.74) is 1.38. The third-order valence-electron chi connectivity index (χ3n) is 4.65. The van der Waals surface area contributed by atoms with Gasteiger partial charge in [0.2, 0.25) is 11.3 Å². The van der Waals surface area contributed by atoms with Gasteiger partial charge in [-0.1, -0.05) is 17.7 Å². The molecule has 6 heteroatoms. The predicted molar refractivity (Wildman–Crippen MR) is 95.5 cm³/mol. The van der Waals surface area contributed by atoms with E-state index in [9.17, 15) is 9.59 Å². The molecule has 1 amide bonds. The van der Waals surface area contributed by atoms with Gasteiger partial charge >= 0.3 is 0 Å². The average molecular weight is 341 g/mol. The maximum absolute atomic E-state index is 12.9. The van der Waals surface area contributed by atoms with E-state index in [1.54, 1.807) is 4.90 Å². The zero-order valence-electron chi connectivity index (χ0n) is 14.9. The van der Waals surface area contributed by atoms with Crippen molar-refractivity contribution in [3.63, 3.8) is 0 Å². The van der Waals surface area contributed by atoms with Gasteiger partial charge in [-0.15, -0.1) is 0 Å². The van der Waals surface area contributed by atoms with E-state index in [4.69, 9.17) is 4.74 Å². The molecule has 1 aliphatic rings. The maximum Gasteiger partial charge on any atom is 0.278 e. The lowest BCUT2D eigenvalue weighted by Gasteiger charge is -2.33. The number of carbonyl (C=O) groups is 1. The summed E-state index contributed by atoms with van der Waals surface area (Å²) in [5, 5.41) is 4.34. The molecule has 2 heterocycles. The lowest BCUT2D eigenvalue weighted by molar-refractivity contribution is 0.0625. The number of ether oxygens (including phenoxy) is 1. The first kappa shape index (κ1) is 17.2. The molecule has 0 unspecified atom stereocenters. The van der Waals surface area contributed by atoms with Crippen molar-refractivity contribution >= 4 is 5.91 Å². The van der Waals surface area contributed by atoms with Gasteiger partial charge in [-0.25, -0.2) is 4.68 Å². The van der Waals surface area contributed by atoms with E-state index in [1.807, 2.05) is 38.1 Å². The molecule has 0 spiro atoms. The van der Waals surface area contributed by atoms with Gasteiger partial charge in [0.05, 0.1) is 18.9 Å². The van der Waals surface area contributed by atoms with Crippen LogP contribution in [0.5, 0.6) is 5.88 Å². The Labute approximate surface area is 147 Å². The molecular formula is C19H23N3O3. The van der Waals surface area contributed by atoms with Crippen LogP contribution in [-0.2, 0) is 0 Å². The zero-order valence-corrected chi connectivity index (χ0v) is 14.9. The Morgan fingerprint density at radius 1 is 1.24 bits per heavy atom. The molecule has 0 saturated carbocycles. The lowest BCUT2D eigenvalue weighted by Crippen LogP contribution is -2.44. The van der Waals surface area contributed by atoms with Crippen LogP contribution in [-0.4, -0.2) is 40.3 Å². The zero-order chi connectivity index (χ0) is 18.0. The summed E-state index contributed by atoms with van der Waals surface area (Å²) in [4.78, 5) is 27.1. The molecule has 2 aromatic rings. The van der Waals surface area contributed by atoms with Gasteiger partial charge in [0, 0.05) is 12.6 Å². The molecule has 132 valence electrons. The Morgan fingerprint density at radius 2 is 1.96 bits per heavy atom. The third-order valence-corrected chi connectivity index (χ3v) is 4.65. The van der Waals surface area contributed by atoms with Crippen molar-refractivity contribution in [2.24, 2.45) is 0 Å². The summed E-state index contributed by atoms with van der Waals surface area (Å²) in [6, 6.07) is 9.11. The van der Waals surface area contributed by atoms with E-state index < -0.39 is 5.43 Å². The van der Waals surface area contributed by atoms with E-state index in [2.05, 4.69) is 5.10 Å². The molecule has 1 aliphatic heterocycles. The summed E-state index contributed by atoms with van der Waals surface area (Å²) >= 11 is 0. The standard InChI is InChI=1S/C19H23N3O3/c1-13-7-9-15(10-8-13)22-17(25-3)12-16(23)18(20-22)19(24)21-11-5-4-6-14(21)2/h7-10,12,14H,4-6,11H2,1-3H3/t14-/m1/s1. The molecule has 1 aromatic heterocycles. The van der Waals surface area contributed by atoms with Crippen molar-refractivity contribution in [1.82, 2.24) is 14.7 Å². The number of hydrogen-bond acceptors (Lipinski definition) is 4. The monoisotopic (exact) mass is 341 g/mol. The number of likely N-dealkylation sites (tertiary alicyclic amines) is 1. The first-order valence-corrected chi connectivity index (χ1v) is 8.57. The molecule has 1 fully saturated rings. The van der Waals surface area contributed by atoms with Crippen LogP contribution in [0.15, 0.2) is 35.1 Å². The minimum Gasteiger partial charge on any atom is -0.481 e. The first-order chi connectivity index (χ1) is 12.0. The van der Waals surface area contributed by atoms with E-state index in [0.717, 1.165) is 30.5 Å². The predicted octanol–water partition coefficient (Wildman–Crippen LogP) is 2.56. The highest BCUT2D eigenvalue weighted by molar-refractivity contribution is 5.92. The van der Waals surface area contributed by atoms with Crippen molar-refractivity contribution in [2.45, 2.75) is 39.2 Å². The fourth-order valence-corrected chi connectivity index (χ4v) is 3.14. The van der Waals surface area contributed by atoms with Crippen molar-refractivity contribution in [2.75, 3.05) is 13.7 Å².